The van der Waals surface area contributed by atoms with Crippen LogP contribution >= 0.6 is 0 Å². The van der Waals surface area contributed by atoms with E-state index in [4.69, 9.17) is 5.11 Å². The molecule has 1 aromatic rings. The fraction of sp³-hybridized carbons (Fsp3) is 0.333. The van der Waals surface area contributed by atoms with Gasteiger partial charge in [-0.3, -0.25) is 9.78 Å². The van der Waals surface area contributed by atoms with Gasteiger partial charge in [0.15, 0.2) is 0 Å². The molecule has 1 aliphatic heterocycles. The molecule has 0 bridgehead atoms. The molecule has 92 valence electrons. The van der Waals surface area contributed by atoms with Crippen molar-refractivity contribution < 1.29 is 18.3 Å². The monoisotopic (exact) mass is 257 g/mol. The summed E-state index contributed by atoms with van der Waals surface area (Å²) in [5.74, 6) is -1.16. The highest BCUT2D eigenvalue weighted by atomic mass is 32.2. The van der Waals surface area contributed by atoms with Gasteiger partial charge in [0, 0.05) is 25.5 Å². The minimum atomic E-state index is -3.70. The van der Waals surface area contributed by atoms with E-state index < -0.39 is 22.2 Å². The Hall–Kier alpha value is -1.51. The van der Waals surface area contributed by atoms with Crippen LogP contribution in [0.1, 0.15) is 5.56 Å². The van der Waals surface area contributed by atoms with Crippen LogP contribution in [0.5, 0.6) is 0 Å². The van der Waals surface area contributed by atoms with E-state index in [0.717, 1.165) is 4.31 Å². The van der Waals surface area contributed by atoms with Crippen molar-refractivity contribution in [2.45, 2.75) is 12.6 Å². The van der Waals surface area contributed by atoms with Crippen LogP contribution in [0.2, 0.25) is 0 Å². The predicted octanol–water partition coefficient (Wildman–Crippen LogP) is -0.815. The van der Waals surface area contributed by atoms with Crippen molar-refractivity contribution in [2.24, 2.45) is 0 Å². The van der Waals surface area contributed by atoms with Crippen molar-refractivity contribution in [3.05, 3.63) is 30.1 Å². The molecular formula is C9H11N3O4S. The summed E-state index contributed by atoms with van der Waals surface area (Å²) in [7, 11) is -3.70. The number of pyridine rings is 1. The summed E-state index contributed by atoms with van der Waals surface area (Å²) in [5.41, 5.74) is 0.693. The average Bonchev–Trinajstić information content (AvgIpc) is 2.56. The number of carboxylic acids is 1. The van der Waals surface area contributed by atoms with Gasteiger partial charge in [0.25, 0.3) is 10.2 Å². The third-order valence-electron chi connectivity index (χ3n) is 2.49. The van der Waals surface area contributed by atoms with Gasteiger partial charge in [0.1, 0.15) is 6.04 Å². The molecule has 1 aromatic heterocycles. The van der Waals surface area contributed by atoms with Crippen LogP contribution < -0.4 is 4.72 Å². The van der Waals surface area contributed by atoms with Crippen LogP contribution in [0, 0.1) is 0 Å². The molecule has 0 radical (unpaired) electrons. The number of carbonyl (C=O) groups is 1. The number of rotatable bonds is 3. The van der Waals surface area contributed by atoms with Crippen molar-refractivity contribution in [3.63, 3.8) is 0 Å². The number of hydrogen-bond acceptors (Lipinski definition) is 4. The number of nitrogens with one attached hydrogen (secondary N) is 1. The van der Waals surface area contributed by atoms with Crippen molar-refractivity contribution in [1.82, 2.24) is 14.0 Å². The second kappa shape index (κ2) is 4.40. The first-order valence-electron chi connectivity index (χ1n) is 4.89. The molecule has 2 heterocycles. The lowest BCUT2D eigenvalue weighted by atomic mass is 10.2. The molecule has 0 aliphatic carbocycles. The molecule has 1 atom stereocenters. The Morgan fingerprint density at radius 3 is 2.76 bits per heavy atom. The first kappa shape index (κ1) is 12.0. The minimum absolute atomic E-state index is 0.0226. The van der Waals surface area contributed by atoms with Gasteiger partial charge in [-0.15, -0.1) is 0 Å². The Morgan fingerprint density at radius 2 is 2.18 bits per heavy atom. The molecule has 2 N–H and O–H groups in total. The van der Waals surface area contributed by atoms with Crippen LogP contribution in [-0.2, 0) is 21.5 Å². The van der Waals surface area contributed by atoms with E-state index in [-0.39, 0.29) is 13.1 Å². The maximum absolute atomic E-state index is 11.6. The molecule has 0 saturated carbocycles. The molecule has 0 amide bonds. The summed E-state index contributed by atoms with van der Waals surface area (Å²) in [6.07, 6.45) is 3.06. The maximum Gasteiger partial charge on any atom is 0.323 e. The molecule has 1 aliphatic rings. The van der Waals surface area contributed by atoms with Gasteiger partial charge < -0.3 is 5.11 Å². The van der Waals surface area contributed by atoms with Crippen molar-refractivity contribution >= 4 is 16.2 Å². The third-order valence-corrected chi connectivity index (χ3v) is 4.02. The van der Waals surface area contributed by atoms with Crippen LogP contribution in [0.4, 0.5) is 0 Å². The Labute approximate surface area is 98.3 Å². The fourth-order valence-electron chi connectivity index (χ4n) is 1.61. The molecule has 1 fully saturated rings. The summed E-state index contributed by atoms with van der Waals surface area (Å²) in [4.78, 5) is 14.7. The first-order chi connectivity index (χ1) is 8.00. The van der Waals surface area contributed by atoms with Crippen molar-refractivity contribution in [1.29, 1.82) is 0 Å². The smallest absolute Gasteiger partial charge is 0.323 e. The van der Waals surface area contributed by atoms with E-state index in [0.29, 0.717) is 5.56 Å². The Morgan fingerprint density at radius 1 is 1.53 bits per heavy atom. The number of nitrogens with zero attached hydrogens (tertiary/aromatic N) is 2. The van der Waals surface area contributed by atoms with Gasteiger partial charge in [-0.2, -0.15) is 17.4 Å². The molecule has 1 saturated heterocycles. The Balaban J connectivity index is 2.25. The Kier molecular flexibility index (Phi) is 3.09. The normalized spacial score (nSPS) is 23.6. The fourth-order valence-corrected chi connectivity index (χ4v) is 2.96. The summed E-state index contributed by atoms with van der Waals surface area (Å²) < 4.78 is 26.4. The zero-order valence-corrected chi connectivity index (χ0v) is 9.59. The molecule has 0 spiro atoms. The third kappa shape index (κ3) is 2.43. The molecule has 8 heteroatoms. The second-order valence-corrected chi connectivity index (χ2v) is 5.32. The van der Waals surface area contributed by atoms with E-state index in [1.54, 1.807) is 12.1 Å². The SMILES string of the molecule is O=C(O)C1CNS(=O)(=O)N1Cc1ccncc1. The zero-order chi connectivity index (χ0) is 12.5. The van der Waals surface area contributed by atoms with E-state index >= 15 is 0 Å². The lowest BCUT2D eigenvalue weighted by Crippen LogP contribution is -2.39. The highest BCUT2D eigenvalue weighted by molar-refractivity contribution is 7.87. The molecule has 2 rings (SSSR count). The molecule has 7 nitrogen and oxygen atoms in total. The van der Waals surface area contributed by atoms with Crippen LogP contribution in [-0.4, -0.2) is 41.4 Å². The van der Waals surface area contributed by atoms with Crippen molar-refractivity contribution in [2.75, 3.05) is 6.54 Å². The van der Waals surface area contributed by atoms with E-state index in [2.05, 4.69) is 9.71 Å². The molecule has 0 aromatic carbocycles. The standard InChI is InChI=1S/C9H11N3O4S/c13-9(14)8-5-11-17(15,16)12(8)6-7-1-3-10-4-2-7/h1-4,8,11H,5-6H2,(H,13,14). The predicted molar refractivity (Wildman–Crippen MR) is 58.1 cm³/mol. The van der Waals surface area contributed by atoms with Gasteiger partial charge in [-0.05, 0) is 17.7 Å². The van der Waals surface area contributed by atoms with Gasteiger partial charge in [-0.1, -0.05) is 0 Å². The average molecular weight is 257 g/mol. The molecule has 17 heavy (non-hydrogen) atoms. The topological polar surface area (TPSA) is 99.6 Å². The van der Waals surface area contributed by atoms with E-state index in [1.807, 2.05) is 0 Å². The van der Waals surface area contributed by atoms with Gasteiger partial charge in [-0.25, -0.2) is 0 Å². The number of aromatic nitrogens is 1. The lowest BCUT2D eigenvalue weighted by Gasteiger charge is -2.18. The summed E-state index contributed by atoms with van der Waals surface area (Å²) in [6.45, 7) is -0.0857. The number of hydrogen-bond donors (Lipinski definition) is 2. The van der Waals surface area contributed by atoms with Crippen LogP contribution in [0.15, 0.2) is 24.5 Å². The second-order valence-electron chi connectivity index (χ2n) is 3.61. The summed E-state index contributed by atoms with van der Waals surface area (Å²) in [6, 6.07) is 2.23. The van der Waals surface area contributed by atoms with Crippen LogP contribution in [0.3, 0.4) is 0 Å². The number of carboxylic acid groups (broad SMARTS) is 1. The summed E-state index contributed by atoms with van der Waals surface area (Å²) in [5, 5.41) is 8.94. The highest BCUT2D eigenvalue weighted by Crippen LogP contribution is 2.17. The van der Waals surface area contributed by atoms with Crippen LogP contribution in [0.25, 0.3) is 0 Å². The minimum Gasteiger partial charge on any atom is -0.480 e. The van der Waals surface area contributed by atoms with Crippen molar-refractivity contribution in [3.8, 4) is 0 Å². The van der Waals surface area contributed by atoms with Gasteiger partial charge in [0.2, 0.25) is 0 Å². The van der Waals surface area contributed by atoms with Gasteiger partial charge in [0.05, 0.1) is 0 Å². The quantitative estimate of drug-likeness (QED) is 0.737. The molecule has 1 unspecified atom stereocenters. The summed E-state index contributed by atoms with van der Waals surface area (Å²) >= 11 is 0. The first-order valence-corrected chi connectivity index (χ1v) is 6.33. The van der Waals surface area contributed by atoms with E-state index in [1.165, 1.54) is 12.4 Å². The van der Waals surface area contributed by atoms with Gasteiger partial charge >= 0.3 is 5.97 Å². The molecular weight excluding hydrogens is 246 g/mol. The highest BCUT2D eigenvalue weighted by Gasteiger charge is 2.41. The Bertz CT molecular complexity index is 516. The zero-order valence-electron chi connectivity index (χ0n) is 8.78. The maximum atomic E-state index is 11.6. The largest absolute Gasteiger partial charge is 0.480 e. The lowest BCUT2D eigenvalue weighted by molar-refractivity contribution is -0.140. The van der Waals surface area contributed by atoms with E-state index in [9.17, 15) is 13.2 Å². The number of aliphatic carboxylic acids is 1.